The molecule has 1 saturated heterocycles. The molecule has 2 aromatic rings. The highest BCUT2D eigenvalue weighted by molar-refractivity contribution is 5.80. The molecule has 2 unspecified atom stereocenters. The number of nitro benzene ring substituents is 2. The summed E-state index contributed by atoms with van der Waals surface area (Å²) in [4.78, 5) is 32.6. The molecule has 8 nitrogen and oxygen atoms in total. The number of carbonyl (C=O) groups is 1. The minimum atomic E-state index is -0.498. The molecule has 0 aromatic heterocycles. The number of benzene rings is 2. The maximum absolute atomic E-state index is 12.1. The van der Waals surface area contributed by atoms with Gasteiger partial charge in [-0.3, -0.25) is 25.0 Å². The number of rotatable bonds is 4. The van der Waals surface area contributed by atoms with Crippen molar-refractivity contribution in [3.8, 4) is 0 Å². The Kier molecular flexibility index (Phi) is 4.53. The highest BCUT2D eigenvalue weighted by atomic mass is 16.6. The summed E-state index contributed by atoms with van der Waals surface area (Å²) < 4.78 is 5.97. The Morgan fingerprint density at radius 2 is 1.12 bits per heavy atom. The van der Waals surface area contributed by atoms with Crippen LogP contribution in [0.2, 0.25) is 0 Å². The summed E-state index contributed by atoms with van der Waals surface area (Å²) in [7, 11) is 0. The van der Waals surface area contributed by atoms with E-state index in [1.165, 1.54) is 24.3 Å². The SMILES string of the molecule is O=C1CC(c2ccc([N+](=O)[O-])cc2)OC(c2ccc([N+](=O)[O-])cc2)C1. The first-order chi connectivity index (χ1) is 11.9. The summed E-state index contributed by atoms with van der Waals surface area (Å²) in [6, 6.07) is 11.8. The van der Waals surface area contributed by atoms with Crippen molar-refractivity contribution in [3.63, 3.8) is 0 Å². The molecule has 0 spiro atoms. The van der Waals surface area contributed by atoms with Crippen LogP contribution in [0, 0.1) is 20.2 Å². The van der Waals surface area contributed by atoms with Crippen LogP contribution in [0.3, 0.4) is 0 Å². The summed E-state index contributed by atoms with van der Waals surface area (Å²) in [5, 5.41) is 21.5. The zero-order valence-electron chi connectivity index (χ0n) is 13.0. The molecule has 3 rings (SSSR count). The van der Waals surface area contributed by atoms with Crippen LogP contribution in [0.15, 0.2) is 48.5 Å². The monoisotopic (exact) mass is 342 g/mol. The van der Waals surface area contributed by atoms with E-state index >= 15 is 0 Å². The van der Waals surface area contributed by atoms with Crippen LogP contribution < -0.4 is 0 Å². The minimum Gasteiger partial charge on any atom is -0.365 e. The lowest BCUT2D eigenvalue weighted by Crippen LogP contribution is -2.23. The van der Waals surface area contributed by atoms with E-state index in [1.54, 1.807) is 24.3 Å². The van der Waals surface area contributed by atoms with Gasteiger partial charge in [-0.25, -0.2) is 0 Å². The lowest BCUT2D eigenvalue weighted by molar-refractivity contribution is -0.385. The fourth-order valence-electron chi connectivity index (χ4n) is 2.81. The largest absolute Gasteiger partial charge is 0.365 e. The molecular weight excluding hydrogens is 328 g/mol. The van der Waals surface area contributed by atoms with Crippen molar-refractivity contribution in [1.82, 2.24) is 0 Å². The predicted octanol–water partition coefficient (Wildman–Crippen LogP) is 3.66. The van der Waals surface area contributed by atoms with Gasteiger partial charge in [-0.05, 0) is 35.4 Å². The van der Waals surface area contributed by atoms with Gasteiger partial charge in [-0.15, -0.1) is 0 Å². The van der Waals surface area contributed by atoms with Crippen molar-refractivity contribution < 1.29 is 19.4 Å². The van der Waals surface area contributed by atoms with E-state index in [0.29, 0.717) is 11.1 Å². The molecule has 1 aliphatic rings. The average Bonchev–Trinajstić information content (AvgIpc) is 2.61. The van der Waals surface area contributed by atoms with Crippen molar-refractivity contribution in [1.29, 1.82) is 0 Å². The number of Topliss-reactive ketones (excluding diaryl/α,β-unsaturated/α-hetero) is 1. The summed E-state index contributed by atoms with van der Waals surface area (Å²) in [6.07, 6.45) is -0.604. The quantitative estimate of drug-likeness (QED) is 0.619. The molecule has 128 valence electrons. The molecule has 2 atom stereocenters. The number of hydrogen-bond donors (Lipinski definition) is 0. The normalized spacial score (nSPS) is 20.2. The van der Waals surface area contributed by atoms with Gasteiger partial charge in [-0.1, -0.05) is 0 Å². The van der Waals surface area contributed by atoms with Gasteiger partial charge < -0.3 is 4.74 Å². The third-order valence-electron chi connectivity index (χ3n) is 4.11. The molecule has 0 radical (unpaired) electrons. The van der Waals surface area contributed by atoms with Gasteiger partial charge in [0, 0.05) is 37.1 Å². The number of ether oxygens (including phenoxy) is 1. The Balaban J connectivity index is 1.80. The molecule has 2 aromatic carbocycles. The second-order valence-corrected chi connectivity index (χ2v) is 5.76. The van der Waals surface area contributed by atoms with Crippen LogP contribution in [0.4, 0.5) is 11.4 Å². The number of hydrogen-bond acceptors (Lipinski definition) is 6. The lowest BCUT2D eigenvalue weighted by atomic mass is 9.94. The standard InChI is InChI=1S/C17H14N2O6/c20-15-9-16(11-1-5-13(6-2-11)18(21)22)25-17(10-15)12-3-7-14(8-4-12)19(23)24/h1-8,16-17H,9-10H2. The molecule has 0 bridgehead atoms. The van der Waals surface area contributed by atoms with Crippen molar-refractivity contribution in [2.24, 2.45) is 0 Å². The van der Waals surface area contributed by atoms with E-state index in [1.807, 2.05) is 0 Å². The second kappa shape index (κ2) is 6.78. The third kappa shape index (κ3) is 3.69. The van der Waals surface area contributed by atoms with Crippen LogP contribution in [0.5, 0.6) is 0 Å². The first kappa shape index (κ1) is 16.7. The minimum absolute atomic E-state index is 0.0120. The van der Waals surface area contributed by atoms with Crippen molar-refractivity contribution >= 4 is 17.2 Å². The Morgan fingerprint density at radius 3 is 1.44 bits per heavy atom. The average molecular weight is 342 g/mol. The van der Waals surface area contributed by atoms with Crippen molar-refractivity contribution in [2.75, 3.05) is 0 Å². The highest BCUT2D eigenvalue weighted by Crippen LogP contribution is 2.37. The molecule has 8 heteroatoms. The number of nitrogens with zero attached hydrogens (tertiary/aromatic N) is 2. The molecule has 1 heterocycles. The van der Waals surface area contributed by atoms with Gasteiger partial charge in [0.25, 0.3) is 11.4 Å². The van der Waals surface area contributed by atoms with Crippen LogP contribution >= 0.6 is 0 Å². The fourth-order valence-corrected chi connectivity index (χ4v) is 2.81. The molecule has 25 heavy (non-hydrogen) atoms. The van der Waals surface area contributed by atoms with Gasteiger partial charge >= 0.3 is 0 Å². The molecule has 1 fully saturated rings. The van der Waals surface area contributed by atoms with Gasteiger partial charge in [0.1, 0.15) is 5.78 Å². The molecule has 0 amide bonds. The van der Waals surface area contributed by atoms with Gasteiger partial charge in [0.2, 0.25) is 0 Å². The third-order valence-corrected chi connectivity index (χ3v) is 4.11. The molecule has 1 aliphatic heterocycles. The van der Waals surface area contributed by atoms with Gasteiger partial charge in [-0.2, -0.15) is 0 Å². The molecule has 0 aliphatic carbocycles. The molecular formula is C17H14N2O6. The lowest BCUT2D eigenvalue weighted by Gasteiger charge is -2.29. The van der Waals surface area contributed by atoms with Crippen molar-refractivity contribution in [3.05, 3.63) is 79.9 Å². The highest BCUT2D eigenvalue weighted by Gasteiger charge is 2.30. The van der Waals surface area contributed by atoms with Crippen LogP contribution in [-0.4, -0.2) is 15.6 Å². The number of non-ortho nitro benzene ring substituents is 2. The number of carbonyl (C=O) groups excluding carboxylic acids is 1. The predicted molar refractivity (Wildman–Crippen MR) is 87.0 cm³/mol. The maximum atomic E-state index is 12.1. The maximum Gasteiger partial charge on any atom is 0.269 e. The zero-order valence-corrected chi connectivity index (χ0v) is 13.0. The van der Waals surface area contributed by atoms with E-state index < -0.39 is 22.1 Å². The molecule has 0 N–H and O–H groups in total. The molecule has 0 saturated carbocycles. The Bertz CT molecular complexity index is 749. The van der Waals surface area contributed by atoms with Crippen molar-refractivity contribution in [2.45, 2.75) is 25.0 Å². The van der Waals surface area contributed by atoms with Crippen LogP contribution in [0.25, 0.3) is 0 Å². The summed E-state index contributed by atoms with van der Waals surface area (Å²) >= 11 is 0. The van der Waals surface area contributed by atoms with Crippen LogP contribution in [0.1, 0.15) is 36.2 Å². The van der Waals surface area contributed by atoms with E-state index in [0.717, 1.165) is 0 Å². The Morgan fingerprint density at radius 1 is 0.760 bits per heavy atom. The number of nitro groups is 2. The smallest absolute Gasteiger partial charge is 0.269 e. The number of ketones is 1. The van der Waals surface area contributed by atoms with Crippen LogP contribution in [-0.2, 0) is 9.53 Å². The van der Waals surface area contributed by atoms with E-state index in [4.69, 9.17) is 4.74 Å². The Labute approximate surface area is 142 Å². The first-order valence-corrected chi connectivity index (χ1v) is 7.60. The Hall–Kier alpha value is -3.13. The fraction of sp³-hybridized carbons (Fsp3) is 0.235. The van der Waals surface area contributed by atoms with Gasteiger partial charge in [0.15, 0.2) is 0 Å². The van der Waals surface area contributed by atoms with Gasteiger partial charge in [0.05, 0.1) is 22.1 Å². The van der Waals surface area contributed by atoms with E-state index in [2.05, 4.69) is 0 Å². The van der Waals surface area contributed by atoms with E-state index in [9.17, 15) is 25.0 Å². The second-order valence-electron chi connectivity index (χ2n) is 5.76. The van der Waals surface area contributed by atoms with E-state index in [-0.39, 0.29) is 30.0 Å². The topological polar surface area (TPSA) is 113 Å². The summed E-state index contributed by atoms with van der Waals surface area (Å²) in [5.74, 6) is 0.0120. The summed E-state index contributed by atoms with van der Waals surface area (Å²) in [5.41, 5.74) is 1.31. The zero-order chi connectivity index (χ0) is 18.0. The first-order valence-electron chi connectivity index (χ1n) is 7.60. The summed E-state index contributed by atoms with van der Waals surface area (Å²) in [6.45, 7) is 0.